The Labute approximate surface area is 163 Å². The largest absolute Gasteiger partial charge is 0.465 e. The highest BCUT2D eigenvalue weighted by molar-refractivity contribution is 6.06. The Bertz CT molecular complexity index is 1060. The van der Waals surface area contributed by atoms with Crippen LogP contribution < -0.4 is 5.32 Å². The van der Waals surface area contributed by atoms with Crippen LogP contribution in [0.5, 0.6) is 0 Å². The molecule has 1 fully saturated rings. The lowest BCUT2D eigenvalue weighted by molar-refractivity contribution is -0.146. The van der Waals surface area contributed by atoms with Gasteiger partial charge < -0.3 is 14.6 Å². The minimum atomic E-state index is -0.500. The average Bonchev–Trinajstić information content (AvgIpc) is 3.45. The van der Waals surface area contributed by atoms with Crippen molar-refractivity contribution in [2.45, 2.75) is 32.1 Å². The smallest absolute Gasteiger partial charge is 0.316 e. The standard InChI is InChI=1S/C22H23N3O3/c1-4-28-21(27)22(11-12-22)16-6-8-17(9-7-16)24-20(26)15-5-10-19-18(13-15)23-14(2)25(19)3/h5-10,13H,4,11-12H2,1-3H3,(H,24,26). The number of rotatable bonds is 5. The summed E-state index contributed by atoms with van der Waals surface area (Å²) in [5.74, 6) is 0.550. The maximum atomic E-state index is 12.6. The van der Waals surface area contributed by atoms with Gasteiger partial charge >= 0.3 is 5.97 Å². The third-order valence-corrected chi connectivity index (χ3v) is 5.48. The van der Waals surface area contributed by atoms with Crippen LogP contribution in [0, 0.1) is 6.92 Å². The van der Waals surface area contributed by atoms with Crippen LogP contribution in [0.2, 0.25) is 0 Å². The number of esters is 1. The summed E-state index contributed by atoms with van der Waals surface area (Å²) in [4.78, 5) is 29.3. The zero-order chi connectivity index (χ0) is 19.9. The summed E-state index contributed by atoms with van der Waals surface area (Å²) in [6.07, 6.45) is 1.61. The van der Waals surface area contributed by atoms with Gasteiger partial charge in [0.1, 0.15) is 5.82 Å². The lowest BCUT2D eigenvalue weighted by Gasteiger charge is -2.15. The van der Waals surface area contributed by atoms with Crippen LogP contribution in [0.15, 0.2) is 42.5 Å². The van der Waals surface area contributed by atoms with E-state index in [0.29, 0.717) is 17.9 Å². The molecule has 6 nitrogen and oxygen atoms in total. The molecule has 0 unspecified atom stereocenters. The predicted molar refractivity (Wildman–Crippen MR) is 107 cm³/mol. The van der Waals surface area contributed by atoms with Crippen molar-refractivity contribution in [1.29, 1.82) is 0 Å². The average molecular weight is 377 g/mol. The SMILES string of the molecule is CCOC(=O)C1(c2ccc(NC(=O)c3ccc4c(c3)nc(C)n4C)cc2)CC1. The normalized spacial score (nSPS) is 14.7. The lowest BCUT2D eigenvalue weighted by atomic mass is 9.96. The number of nitrogens with one attached hydrogen (secondary N) is 1. The van der Waals surface area contributed by atoms with E-state index in [9.17, 15) is 9.59 Å². The molecule has 1 N–H and O–H groups in total. The third kappa shape index (κ3) is 3.05. The summed E-state index contributed by atoms with van der Waals surface area (Å²) >= 11 is 0. The van der Waals surface area contributed by atoms with Crippen molar-refractivity contribution in [2.75, 3.05) is 11.9 Å². The number of hydrogen-bond donors (Lipinski definition) is 1. The summed E-state index contributed by atoms with van der Waals surface area (Å²) in [5, 5.41) is 2.91. The molecule has 1 saturated carbocycles. The van der Waals surface area contributed by atoms with Crippen molar-refractivity contribution < 1.29 is 14.3 Å². The predicted octanol–water partition coefficient (Wildman–Crippen LogP) is 3.73. The molecule has 28 heavy (non-hydrogen) atoms. The van der Waals surface area contributed by atoms with Crippen LogP contribution in [0.3, 0.4) is 0 Å². The zero-order valence-corrected chi connectivity index (χ0v) is 16.3. The number of ether oxygens (including phenoxy) is 1. The molecule has 1 heterocycles. The fraction of sp³-hybridized carbons (Fsp3) is 0.318. The quantitative estimate of drug-likeness (QED) is 0.688. The van der Waals surface area contributed by atoms with E-state index < -0.39 is 5.41 Å². The molecule has 1 aromatic heterocycles. The number of benzene rings is 2. The number of amides is 1. The molecule has 1 aliphatic rings. The Morgan fingerprint density at radius 2 is 1.89 bits per heavy atom. The molecular weight excluding hydrogens is 354 g/mol. The maximum absolute atomic E-state index is 12.6. The van der Waals surface area contributed by atoms with Gasteiger partial charge in [-0.15, -0.1) is 0 Å². The molecule has 2 aromatic carbocycles. The first-order valence-corrected chi connectivity index (χ1v) is 9.47. The molecule has 0 bridgehead atoms. The van der Waals surface area contributed by atoms with E-state index in [1.54, 1.807) is 12.1 Å². The van der Waals surface area contributed by atoms with Crippen molar-refractivity contribution in [3.05, 3.63) is 59.4 Å². The topological polar surface area (TPSA) is 73.2 Å². The molecule has 1 aliphatic carbocycles. The summed E-state index contributed by atoms with van der Waals surface area (Å²) in [7, 11) is 1.95. The number of carbonyl (C=O) groups is 2. The number of nitrogens with zero attached hydrogens (tertiary/aromatic N) is 2. The van der Waals surface area contributed by atoms with Gasteiger partial charge in [0.15, 0.2) is 0 Å². The maximum Gasteiger partial charge on any atom is 0.316 e. The fourth-order valence-corrected chi connectivity index (χ4v) is 3.54. The minimum absolute atomic E-state index is 0.161. The van der Waals surface area contributed by atoms with Gasteiger partial charge in [-0.3, -0.25) is 9.59 Å². The number of imidazole rings is 1. The van der Waals surface area contributed by atoms with E-state index in [1.165, 1.54) is 0 Å². The van der Waals surface area contributed by atoms with E-state index in [2.05, 4.69) is 10.3 Å². The van der Waals surface area contributed by atoms with Crippen LogP contribution in [0.1, 0.15) is 41.5 Å². The van der Waals surface area contributed by atoms with Crippen LogP contribution in [-0.4, -0.2) is 28.0 Å². The minimum Gasteiger partial charge on any atom is -0.465 e. The highest BCUT2D eigenvalue weighted by Gasteiger charge is 2.52. The number of carbonyl (C=O) groups excluding carboxylic acids is 2. The Kier molecular flexibility index (Phi) is 4.41. The first-order valence-electron chi connectivity index (χ1n) is 9.47. The van der Waals surface area contributed by atoms with Crippen LogP contribution in [0.25, 0.3) is 11.0 Å². The van der Waals surface area contributed by atoms with Gasteiger partial charge in [-0.05, 0) is 62.6 Å². The van der Waals surface area contributed by atoms with Gasteiger partial charge in [0.2, 0.25) is 0 Å². The lowest BCUT2D eigenvalue weighted by Crippen LogP contribution is -2.23. The zero-order valence-electron chi connectivity index (χ0n) is 16.3. The molecule has 3 aromatic rings. The Morgan fingerprint density at radius 3 is 2.54 bits per heavy atom. The number of hydrogen-bond acceptors (Lipinski definition) is 4. The summed E-state index contributed by atoms with van der Waals surface area (Å²) in [5.41, 5.74) is 3.47. The van der Waals surface area contributed by atoms with Crippen LogP contribution >= 0.6 is 0 Å². The van der Waals surface area contributed by atoms with Gasteiger partial charge in [-0.25, -0.2) is 4.98 Å². The second-order valence-corrected chi connectivity index (χ2v) is 7.26. The molecule has 6 heteroatoms. The van der Waals surface area contributed by atoms with Gasteiger partial charge in [-0.1, -0.05) is 12.1 Å². The van der Waals surface area contributed by atoms with E-state index in [0.717, 1.165) is 35.3 Å². The van der Waals surface area contributed by atoms with Gasteiger partial charge in [0, 0.05) is 18.3 Å². The molecule has 144 valence electrons. The molecule has 0 spiro atoms. The van der Waals surface area contributed by atoms with Gasteiger partial charge in [0.05, 0.1) is 23.1 Å². The Hall–Kier alpha value is -3.15. The summed E-state index contributed by atoms with van der Waals surface area (Å²) in [6.45, 7) is 4.13. The molecule has 0 saturated heterocycles. The highest BCUT2D eigenvalue weighted by atomic mass is 16.5. The number of anilines is 1. The third-order valence-electron chi connectivity index (χ3n) is 5.48. The summed E-state index contributed by atoms with van der Waals surface area (Å²) in [6, 6.07) is 12.9. The molecule has 0 aliphatic heterocycles. The van der Waals surface area contributed by atoms with E-state index >= 15 is 0 Å². The number of aromatic nitrogens is 2. The first kappa shape index (κ1) is 18.2. The Morgan fingerprint density at radius 1 is 1.18 bits per heavy atom. The summed E-state index contributed by atoms with van der Waals surface area (Å²) < 4.78 is 7.20. The molecule has 4 rings (SSSR count). The van der Waals surface area contributed by atoms with Gasteiger partial charge in [0.25, 0.3) is 5.91 Å². The number of aryl methyl sites for hydroxylation is 2. The molecule has 0 atom stereocenters. The monoisotopic (exact) mass is 377 g/mol. The van der Waals surface area contributed by atoms with Crippen LogP contribution in [0.4, 0.5) is 5.69 Å². The first-order chi connectivity index (χ1) is 13.4. The van der Waals surface area contributed by atoms with Crippen molar-refractivity contribution in [2.24, 2.45) is 7.05 Å². The molecular formula is C22H23N3O3. The van der Waals surface area contributed by atoms with Crippen molar-refractivity contribution in [3.8, 4) is 0 Å². The molecule has 1 amide bonds. The van der Waals surface area contributed by atoms with E-state index in [-0.39, 0.29) is 11.9 Å². The van der Waals surface area contributed by atoms with Gasteiger partial charge in [-0.2, -0.15) is 0 Å². The molecule has 0 radical (unpaired) electrons. The van der Waals surface area contributed by atoms with Crippen molar-refractivity contribution in [3.63, 3.8) is 0 Å². The number of fused-ring (bicyclic) bond motifs is 1. The van der Waals surface area contributed by atoms with Crippen molar-refractivity contribution in [1.82, 2.24) is 9.55 Å². The highest BCUT2D eigenvalue weighted by Crippen LogP contribution is 2.49. The second-order valence-electron chi connectivity index (χ2n) is 7.26. The fourth-order valence-electron chi connectivity index (χ4n) is 3.54. The van der Waals surface area contributed by atoms with E-state index in [1.807, 2.05) is 55.8 Å². The van der Waals surface area contributed by atoms with E-state index in [4.69, 9.17) is 4.74 Å². The Balaban J connectivity index is 1.50. The van der Waals surface area contributed by atoms with Crippen LogP contribution in [-0.2, 0) is 22.0 Å². The van der Waals surface area contributed by atoms with Crippen molar-refractivity contribution >= 4 is 28.6 Å². The second kappa shape index (κ2) is 6.78.